The van der Waals surface area contributed by atoms with E-state index in [-0.39, 0.29) is 23.9 Å². The van der Waals surface area contributed by atoms with Gasteiger partial charge < -0.3 is 20.3 Å². The van der Waals surface area contributed by atoms with E-state index in [2.05, 4.69) is 21.7 Å². The molecular formula is C37H38N6O3. The van der Waals surface area contributed by atoms with Crippen LogP contribution in [0.3, 0.4) is 0 Å². The Kier molecular flexibility index (Phi) is 7.78. The normalized spacial score (nSPS) is 19.0. The quantitative estimate of drug-likeness (QED) is 0.228. The number of hydrogen-bond donors (Lipinski definition) is 2. The van der Waals surface area contributed by atoms with E-state index in [1.807, 2.05) is 105 Å². The minimum absolute atomic E-state index is 0.0245. The molecule has 1 saturated heterocycles. The van der Waals surface area contributed by atoms with Crippen molar-refractivity contribution >= 4 is 39.8 Å². The molecule has 2 unspecified atom stereocenters. The van der Waals surface area contributed by atoms with E-state index in [0.29, 0.717) is 22.7 Å². The molecule has 9 nitrogen and oxygen atoms in total. The highest BCUT2D eigenvalue weighted by atomic mass is 16.5. The number of carbonyl (C=O) groups is 1. The third-order valence-electron chi connectivity index (χ3n) is 9.25. The first kappa shape index (κ1) is 29.7. The van der Waals surface area contributed by atoms with Crippen LogP contribution in [0.15, 0.2) is 95.9 Å². The van der Waals surface area contributed by atoms with E-state index in [0.717, 1.165) is 54.2 Å². The minimum atomic E-state index is -0.769. The molecule has 7 rings (SSSR count). The van der Waals surface area contributed by atoms with Gasteiger partial charge in [-0.2, -0.15) is 4.98 Å². The number of fused-ring (bicyclic) bond motifs is 2. The highest BCUT2D eigenvalue weighted by Gasteiger charge is 2.44. The zero-order valence-corrected chi connectivity index (χ0v) is 26.4. The number of carbonyl (C=O) groups excluding carboxylic acids is 1. The molecule has 0 spiro atoms. The standard InChI is InChI=1S/C37H38N6O3/c1-37(2)30-14-8-7-10-24(30)21-32(44)33(37)43-34-25(20-31(35(43)45)42(3)27-11-5-4-6-12-27)22-39-36(41-34)40-26-15-17-28(18-16-26)46-29-13-9-19-38-23-29/h4-8,10-12,14-18,20,22,29,33,38H,9,13,19,21,23H2,1-3H3,(H,39,40,41). The van der Waals surface area contributed by atoms with Crippen LogP contribution in [-0.4, -0.2) is 46.6 Å². The molecule has 234 valence electrons. The zero-order chi connectivity index (χ0) is 31.8. The first-order valence-electron chi connectivity index (χ1n) is 15.9. The number of ether oxygens (including phenoxy) is 1. The fraction of sp³-hybridized carbons (Fsp3) is 0.297. The Morgan fingerprint density at radius 3 is 2.52 bits per heavy atom. The van der Waals surface area contributed by atoms with Crippen molar-refractivity contribution in [2.45, 2.75) is 50.7 Å². The van der Waals surface area contributed by atoms with Gasteiger partial charge in [0.05, 0.1) is 0 Å². The second-order valence-electron chi connectivity index (χ2n) is 12.7. The number of nitrogens with zero attached hydrogens (tertiary/aromatic N) is 4. The van der Waals surface area contributed by atoms with Crippen LogP contribution in [-0.2, 0) is 16.6 Å². The predicted molar refractivity (Wildman–Crippen MR) is 182 cm³/mol. The Hall–Kier alpha value is -5.02. The van der Waals surface area contributed by atoms with Gasteiger partial charge in [0.25, 0.3) is 5.56 Å². The van der Waals surface area contributed by atoms with E-state index in [9.17, 15) is 9.59 Å². The average Bonchev–Trinajstić information content (AvgIpc) is 3.07. The Morgan fingerprint density at radius 2 is 1.76 bits per heavy atom. The Morgan fingerprint density at radius 1 is 1.00 bits per heavy atom. The van der Waals surface area contributed by atoms with Crippen molar-refractivity contribution < 1.29 is 9.53 Å². The van der Waals surface area contributed by atoms with Crippen LogP contribution in [0.1, 0.15) is 43.9 Å². The molecule has 9 heteroatoms. The summed E-state index contributed by atoms with van der Waals surface area (Å²) in [6, 6.07) is 26.5. The van der Waals surface area contributed by atoms with Crippen LogP contribution in [0, 0.1) is 0 Å². The zero-order valence-electron chi connectivity index (χ0n) is 26.4. The van der Waals surface area contributed by atoms with Crippen molar-refractivity contribution in [3.8, 4) is 5.75 Å². The predicted octanol–water partition coefficient (Wildman–Crippen LogP) is 6.08. The SMILES string of the molecule is CN(c1ccccc1)c1cc2cnc(Nc3ccc(OC4CCCNC4)cc3)nc2n(C2C(=O)Cc3ccccc3C2(C)C)c1=O. The molecule has 1 aliphatic carbocycles. The highest BCUT2D eigenvalue weighted by Crippen LogP contribution is 2.43. The molecular weight excluding hydrogens is 576 g/mol. The lowest BCUT2D eigenvalue weighted by Gasteiger charge is -2.40. The molecule has 0 radical (unpaired) electrons. The van der Waals surface area contributed by atoms with Gasteiger partial charge >= 0.3 is 0 Å². The molecule has 0 saturated carbocycles. The number of hydrogen-bond acceptors (Lipinski definition) is 8. The van der Waals surface area contributed by atoms with Crippen molar-refractivity contribution in [1.82, 2.24) is 19.9 Å². The van der Waals surface area contributed by atoms with E-state index < -0.39 is 11.5 Å². The average molecular weight is 615 g/mol. The van der Waals surface area contributed by atoms with Gasteiger partial charge in [-0.1, -0.05) is 56.3 Å². The molecule has 1 aliphatic heterocycles. The molecule has 2 aromatic heterocycles. The van der Waals surface area contributed by atoms with Gasteiger partial charge in [-0.05, 0) is 73.0 Å². The van der Waals surface area contributed by atoms with E-state index in [1.54, 1.807) is 10.8 Å². The smallest absolute Gasteiger partial charge is 0.276 e. The van der Waals surface area contributed by atoms with E-state index >= 15 is 0 Å². The van der Waals surface area contributed by atoms with Crippen molar-refractivity contribution in [3.63, 3.8) is 0 Å². The molecule has 1 fully saturated rings. The first-order valence-corrected chi connectivity index (χ1v) is 15.9. The minimum Gasteiger partial charge on any atom is -0.489 e. The summed E-state index contributed by atoms with van der Waals surface area (Å²) in [5.41, 5.74) is 3.58. The van der Waals surface area contributed by atoms with Crippen LogP contribution in [0.4, 0.5) is 23.0 Å². The fourth-order valence-electron chi connectivity index (χ4n) is 6.90. The monoisotopic (exact) mass is 614 g/mol. The number of benzene rings is 3. The molecule has 3 heterocycles. The molecule has 0 bridgehead atoms. The summed E-state index contributed by atoms with van der Waals surface area (Å²) >= 11 is 0. The number of ketones is 1. The summed E-state index contributed by atoms with van der Waals surface area (Å²) in [6.45, 7) is 5.95. The molecule has 2 atom stereocenters. The van der Waals surface area contributed by atoms with Crippen molar-refractivity contribution in [2.24, 2.45) is 0 Å². The lowest BCUT2D eigenvalue weighted by molar-refractivity contribution is -0.124. The number of para-hydroxylation sites is 1. The highest BCUT2D eigenvalue weighted by molar-refractivity contribution is 5.91. The summed E-state index contributed by atoms with van der Waals surface area (Å²) in [5.74, 6) is 1.11. The Bertz CT molecular complexity index is 1950. The maximum atomic E-state index is 14.6. The van der Waals surface area contributed by atoms with Crippen molar-refractivity contribution in [2.75, 3.05) is 30.4 Å². The number of aromatic nitrogens is 3. The van der Waals surface area contributed by atoms with Crippen LogP contribution in [0.2, 0.25) is 0 Å². The molecule has 2 N–H and O–H groups in total. The summed E-state index contributed by atoms with van der Waals surface area (Å²) in [5, 5.41) is 7.32. The molecule has 2 aliphatic rings. The van der Waals surface area contributed by atoms with Gasteiger partial charge in [0.2, 0.25) is 5.95 Å². The topological polar surface area (TPSA) is 101 Å². The first-order chi connectivity index (χ1) is 22.3. The van der Waals surface area contributed by atoms with Gasteiger partial charge in [-0.3, -0.25) is 14.2 Å². The molecule has 3 aromatic carbocycles. The number of piperidine rings is 1. The second-order valence-corrected chi connectivity index (χ2v) is 12.7. The maximum absolute atomic E-state index is 14.6. The number of rotatable bonds is 7. The lowest BCUT2D eigenvalue weighted by atomic mass is 9.68. The van der Waals surface area contributed by atoms with Gasteiger partial charge in [-0.25, -0.2) is 4.98 Å². The van der Waals surface area contributed by atoms with Gasteiger partial charge in [0, 0.05) is 48.4 Å². The summed E-state index contributed by atoms with van der Waals surface area (Å²) in [7, 11) is 1.86. The van der Waals surface area contributed by atoms with Crippen LogP contribution in [0.25, 0.3) is 11.0 Å². The number of nitrogens with one attached hydrogen (secondary N) is 2. The summed E-state index contributed by atoms with van der Waals surface area (Å²) in [6.07, 6.45) is 4.27. The third kappa shape index (κ3) is 5.51. The van der Waals surface area contributed by atoms with E-state index in [1.165, 1.54) is 0 Å². The third-order valence-corrected chi connectivity index (χ3v) is 9.25. The van der Waals surface area contributed by atoms with Gasteiger partial charge in [0.15, 0.2) is 5.78 Å². The number of Topliss-reactive ketones (excluding diaryl/α,β-unsaturated/α-hetero) is 1. The maximum Gasteiger partial charge on any atom is 0.276 e. The van der Waals surface area contributed by atoms with E-state index in [4.69, 9.17) is 9.72 Å². The fourth-order valence-corrected chi connectivity index (χ4v) is 6.90. The number of anilines is 4. The summed E-state index contributed by atoms with van der Waals surface area (Å²) < 4.78 is 7.74. The van der Waals surface area contributed by atoms with Crippen molar-refractivity contribution in [1.29, 1.82) is 0 Å². The van der Waals surface area contributed by atoms with Gasteiger partial charge in [0.1, 0.15) is 29.2 Å². The Balaban J connectivity index is 1.30. The van der Waals surface area contributed by atoms with Crippen LogP contribution < -0.4 is 25.8 Å². The van der Waals surface area contributed by atoms with Crippen LogP contribution >= 0.6 is 0 Å². The second kappa shape index (κ2) is 12.1. The Labute approximate surface area is 268 Å². The summed E-state index contributed by atoms with van der Waals surface area (Å²) in [4.78, 5) is 40.0. The molecule has 5 aromatic rings. The number of pyridine rings is 1. The molecule has 46 heavy (non-hydrogen) atoms. The van der Waals surface area contributed by atoms with Crippen molar-refractivity contribution in [3.05, 3.63) is 113 Å². The molecule has 0 amide bonds. The lowest BCUT2D eigenvalue weighted by Crippen LogP contribution is -2.46. The van der Waals surface area contributed by atoms with Crippen LogP contribution in [0.5, 0.6) is 5.75 Å². The van der Waals surface area contributed by atoms with Gasteiger partial charge in [-0.15, -0.1) is 0 Å². The largest absolute Gasteiger partial charge is 0.489 e.